The molecule has 0 aromatic heterocycles. The van der Waals surface area contributed by atoms with Gasteiger partial charge in [0.15, 0.2) is 0 Å². The first-order valence-corrected chi connectivity index (χ1v) is 4.81. The molecular formula is C10H17NO3. The Labute approximate surface area is 84.2 Å². The molecule has 1 heterocycles. The zero-order valence-electron chi connectivity index (χ0n) is 9.00. The zero-order chi connectivity index (χ0) is 10.8. The van der Waals surface area contributed by atoms with E-state index in [0.29, 0.717) is 12.8 Å². The van der Waals surface area contributed by atoms with Crippen molar-refractivity contribution in [1.29, 1.82) is 0 Å². The summed E-state index contributed by atoms with van der Waals surface area (Å²) in [4.78, 5) is 25.2. The average molecular weight is 199 g/mol. The number of nitrogens with zero attached hydrogens (tertiary/aromatic N) is 1. The van der Waals surface area contributed by atoms with E-state index in [0.717, 1.165) is 13.1 Å². The van der Waals surface area contributed by atoms with Gasteiger partial charge in [-0.15, -0.1) is 0 Å². The van der Waals surface area contributed by atoms with E-state index in [1.54, 1.807) is 0 Å². The fourth-order valence-corrected chi connectivity index (χ4v) is 1.90. The molecule has 0 radical (unpaired) electrons. The summed E-state index contributed by atoms with van der Waals surface area (Å²) in [6.07, 6.45) is 1.15. The summed E-state index contributed by atoms with van der Waals surface area (Å²) in [6.45, 7) is 3.02. The maximum absolute atomic E-state index is 11.6. The van der Waals surface area contributed by atoms with Gasteiger partial charge in [-0.25, -0.2) is 0 Å². The van der Waals surface area contributed by atoms with Gasteiger partial charge in [-0.1, -0.05) is 0 Å². The van der Waals surface area contributed by atoms with Crippen LogP contribution in [0.4, 0.5) is 0 Å². The molecule has 1 aliphatic heterocycles. The minimum Gasteiger partial charge on any atom is -0.468 e. The van der Waals surface area contributed by atoms with Crippen LogP contribution in [0, 0.1) is 5.41 Å². The molecule has 80 valence electrons. The summed E-state index contributed by atoms with van der Waals surface area (Å²) >= 11 is 0. The van der Waals surface area contributed by atoms with Gasteiger partial charge in [0.25, 0.3) is 0 Å². The predicted molar refractivity (Wildman–Crippen MR) is 51.9 cm³/mol. The van der Waals surface area contributed by atoms with Crippen LogP contribution in [0.5, 0.6) is 0 Å². The van der Waals surface area contributed by atoms with Gasteiger partial charge in [-0.2, -0.15) is 0 Å². The summed E-state index contributed by atoms with van der Waals surface area (Å²) in [5, 5.41) is 0. The summed E-state index contributed by atoms with van der Waals surface area (Å²) in [6, 6.07) is 0. The molecule has 0 spiro atoms. The van der Waals surface area contributed by atoms with Crippen LogP contribution < -0.4 is 0 Å². The van der Waals surface area contributed by atoms with Gasteiger partial charge in [-0.3, -0.25) is 9.59 Å². The maximum Gasteiger partial charge on any atom is 0.319 e. The molecular weight excluding hydrogens is 182 g/mol. The molecule has 1 aliphatic rings. The third-order valence-corrected chi connectivity index (χ3v) is 3.09. The van der Waals surface area contributed by atoms with E-state index >= 15 is 0 Å². The lowest BCUT2D eigenvalue weighted by Gasteiger charge is -2.36. The van der Waals surface area contributed by atoms with Crippen molar-refractivity contribution in [1.82, 2.24) is 4.90 Å². The Balaban J connectivity index is 2.84. The van der Waals surface area contributed by atoms with Crippen LogP contribution in [0.1, 0.15) is 19.8 Å². The molecule has 0 aromatic rings. The van der Waals surface area contributed by atoms with Gasteiger partial charge in [0.2, 0.25) is 0 Å². The van der Waals surface area contributed by atoms with Gasteiger partial charge in [0.1, 0.15) is 11.2 Å². The first-order chi connectivity index (χ1) is 6.53. The molecule has 0 saturated carbocycles. The number of hydrogen-bond acceptors (Lipinski definition) is 4. The van der Waals surface area contributed by atoms with Crippen LogP contribution in [0.3, 0.4) is 0 Å². The standard InChI is InChI=1S/C10H17NO3/c1-8(12)10(9(13)14-3)4-6-11(2)7-5-10/h4-7H2,1-3H3. The highest BCUT2D eigenvalue weighted by molar-refractivity contribution is 6.02. The molecule has 1 rings (SSSR count). The number of esters is 1. The molecule has 0 N–H and O–H groups in total. The van der Waals surface area contributed by atoms with Crippen LogP contribution >= 0.6 is 0 Å². The number of hydrogen-bond donors (Lipinski definition) is 0. The fourth-order valence-electron chi connectivity index (χ4n) is 1.90. The van der Waals surface area contributed by atoms with Crippen molar-refractivity contribution in [2.24, 2.45) is 5.41 Å². The van der Waals surface area contributed by atoms with Crippen molar-refractivity contribution in [3.05, 3.63) is 0 Å². The smallest absolute Gasteiger partial charge is 0.319 e. The summed E-state index contributed by atoms with van der Waals surface area (Å²) < 4.78 is 4.71. The van der Waals surface area contributed by atoms with Gasteiger partial charge >= 0.3 is 5.97 Å². The van der Waals surface area contributed by atoms with Crippen LogP contribution in [-0.2, 0) is 14.3 Å². The number of carbonyl (C=O) groups excluding carboxylic acids is 2. The van der Waals surface area contributed by atoms with Crippen molar-refractivity contribution in [2.75, 3.05) is 27.2 Å². The quantitative estimate of drug-likeness (QED) is 0.479. The maximum atomic E-state index is 11.6. The highest BCUT2D eigenvalue weighted by atomic mass is 16.5. The molecule has 1 saturated heterocycles. The van der Waals surface area contributed by atoms with E-state index in [-0.39, 0.29) is 11.8 Å². The number of piperidine rings is 1. The molecule has 0 amide bonds. The van der Waals surface area contributed by atoms with Crippen molar-refractivity contribution >= 4 is 11.8 Å². The van der Waals surface area contributed by atoms with Crippen molar-refractivity contribution in [2.45, 2.75) is 19.8 Å². The van der Waals surface area contributed by atoms with Gasteiger partial charge in [0.05, 0.1) is 7.11 Å². The Hall–Kier alpha value is -0.900. The number of methoxy groups -OCH3 is 1. The van der Waals surface area contributed by atoms with Crippen molar-refractivity contribution < 1.29 is 14.3 Å². The Kier molecular flexibility index (Phi) is 3.26. The summed E-state index contributed by atoms with van der Waals surface area (Å²) in [5.41, 5.74) is -0.874. The number of ether oxygens (including phenoxy) is 1. The monoisotopic (exact) mass is 199 g/mol. The largest absolute Gasteiger partial charge is 0.468 e. The Morgan fingerprint density at radius 3 is 2.14 bits per heavy atom. The minimum atomic E-state index is -0.874. The lowest BCUT2D eigenvalue weighted by molar-refractivity contribution is -0.160. The second kappa shape index (κ2) is 4.09. The van der Waals surface area contributed by atoms with Crippen molar-refractivity contribution in [3.8, 4) is 0 Å². The van der Waals surface area contributed by atoms with Gasteiger partial charge in [0, 0.05) is 0 Å². The SMILES string of the molecule is COC(=O)C1(C(C)=O)CCN(C)CC1. The fraction of sp³-hybridized carbons (Fsp3) is 0.800. The van der Waals surface area contributed by atoms with Crippen LogP contribution in [0.15, 0.2) is 0 Å². The van der Waals surface area contributed by atoms with E-state index < -0.39 is 5.41 Å². The lowest BCUT2D eigenvalue weighted by Crippen LogP contribution is -2.47. The Bertz CT molecular complexity index is 242. The number of ketones is 1. The molecule has 0 aliphatic carbocycles. The molecule has 0 aromatic carbocycles. The third kappa shape index (κ3) is 1.80. The topological polar surface area (TPSA) is 46.6 Å². The molecule has 0 bridgehead atoms. The summed E-state index contributed by atoms with van der Waals surface area (Å²) in [7, 11) is 3.33. The summed E-state index contributed by atoms with van der Waals surface area (Å²) in [5.74, 6) is -0.449. The second-order valence-electron chi connectivity index (χ2n) is 3.93. The van der Waals surface area contributed by atoms with E-state index in [1.165, 1.54) is 14.0 Å². The zero-order valence-corrected chi connectivity index (χ0v) is 9.00. The molecule has 0 atom stereocenters. The number of likely N-dealkylation sites (tertiary alicyclic amines) is 1. The average Bonchev–Trinajstić information content (AvgIpc) is 2.18. The normalized spacial score (nSPS) is 21.6. The van der Waals surface area contributed by atoms with Crippen LogP contribution in [0.25, 0.3) is 0 Å². The van der Waals surface area contributed by atoms with E-state index in [9.17, 15) is 9.59 Å². The van der Waals surface area contributed by atoms with E-state index in [1.807, 2.05) is 7.05 Å². The lowest BCUT2D eigenvalue weighted by atomic mass is 9.75. The third-order valence-electron chi connectivity index (χ3n) is 3.09. The molecule has 0 unspecified atom stereocenters. The molecule has 4 nitrogen and oxygen atoms in total. The molecule has 14 heavy (non-hydrogen) atoms. The second-order valence-corrected chi connectivity index (χ2v) is 3.93. The first-order valence-electron chi connectivity index (χ1n) is 4.81. The van der Waals surface area contributed by atoms with Gasteiger partial charge in [-0.05, 0) is 39.9 Å². The van der Waals surface area contributed by atoms with Gasteiger partial charge < -0.3 is 9.64 Å². The van der Waals surface area contributed by atoms with Crippen LogP contribution in [-0.4, -0.2) is 43.9 Å². The number of Topliss-reactive ketones (excluding diaryl/α,β-unsaturated/α-hetero) is 1. The highest BCUT2D eigenvalue weighted by Gasteiger charge is 2.45. The minimum absolute atomic E-state index is 0.0718. The highest BCUT2D eigenvalue weighted by Crippen LogP contribution is 2.33. The number of carbonyl (C=O) groups is 2. The molecule has 4 heteroatoms. The van der Waals surface area contributed by atoms with E-state index in [4.69, 9.17) is 4.74 Å². The Morgan fingerprint density at radius 1 is 1.29 bits per heavy atom. The number of rotatable bonds is 2. The molecule has 1 fully saturated rings. The Morgan fingerprint density at radius 2 is 1.79 bits per heavy atom. The van der Waals surface area contributed by atoms with Crippen LogP contribution in [0.2, 0.25) is 0 Å². The van der Waals surface area contributed by atoms with E-state index in [2.05, 4.69) is 4.90 Å². The predicted octanol–water partition coefficient (Wildman–Crippen LogP) is 0.460. The van der Waals surface area contributed by atoms with Crippen molar-refractivity contribution in [3.63, 3.8) is 0 Å². The first kappa shape index (κ1) is 11.2.